The number of hydrogen-bond acceptors (Lipinski definition) is 9. The Labute approximate surface area is 188 Å². The van der Waals surface area contributed by atoms with Gasteiger partial charge < -0.3 is 33.3 Å². The number of nitrogens with zero attached hydrogens (tertiary/aromatic N) is 4. The highest BCUT2D eigenvalue weighted by Gasteiger charge is 2.27. The molecular weight excluding hydrogens is 430 g/mol. The Morgan fingerprint density at radius 1 is 1.12 bits per heavy atom. The minimum absolute atomic E-state index is 0.0474. The monoisotopic (exact) mass is 453 g/mol. The minimum atomic E-state index is -0.599. The lowest BCUT2D eigenvalue weighted by Crippen LogP contribution is -2.15. The summed E-state index contributed by atoms with van der Waals surface area (Å²) in [5.74, 6) is 0.645. The third kappa shape index (κ3) is 4.30. The van der Waals surface area contributed by atoms with Gasteiger partial charge in [-0.3, -0.25) is 4.79 Å². The van der Waals surface area contributed by atoms with E-state index in [0.717, 1.165) is 0 Å². The molecule has 4 rings (SSSR count). The molecular formula is C22H23N5O6. The van der Waals surface area contributed by atoms with Crippen molar-refractivity contribution in [3.8, 4) is 39.8 Å². The van der Waals surface area contributed by atoms with E-state index in [0.29, 0.717) is 29.4 Å². The second-order valence-electron chi connectivity index (χ2n) is 6.94. The molecule has 4 aromatic rings. The summed E-state index contributed by atoms with van der Waals surface area (Å²) < 4.78 is 24.0. The Kier molecular flexibility index (Phi) is 6.41. The van der Waals surface area contributed by atoms with Gasteiger partial charge in [-0.25, -0.2) is 4.98 Å². The molecule has 0 fully saturated rings. The van der Waals surface area contributed by atoms with E-state index >= 15 is 0 Å². The zero-order valence-electron chi connectivity index (χ0n) is 18.4. The molecule has 0 atom stereocenters. The predicted molar refractivity (Wildman–Crippen MR) is 117 cm³/mol. The molecule has 33 heavy (non-hydrogen) atoms. The van der Waals surface area contributed by atoms with Crippen molar-refractivity contribution in [2.75, 3.05) is 20.8 Å². The van der Waals surface area contributed by atoms with Gasteiger partial charge in [-0.2, -0.15) is 0 Å². The SMILES string of the molecule is CCOCc1[nH]c(=O)c(-c2nnc(Cn3ccnc3)o2)c(O)c1-c1c(OC)cccc1OC. The summed E-state index contributed by atoms with van der Waals surface area (Å²) >= 11 is 0. The molecule has 0 amide bonds. The average molecular weight is 453 g/mol. The Hall–Kier alpha value is -4.12. The van der Waals surface area contributed by atoms with E-state index in [2.05, 4.69) is 20.2 Å². The molecule has 11 heteroatoms. The Morgan fingerprint density at radius 3 is 2.52 bits per heavy atom. The van der Waals surface area contributed by atoms with Crippen LogP contribution in [0.2, 0.25) is 0 Å². The van der Waals surface area contributed by atoms with Crippen LogP contribution in [0.3, 0.4) is 0 Å². The van der Waals surface area contributed by atoms with Crippen LogP contribution in [0.4, 0.5) is 0 Å². The third-order valence-electron chi connectivity index (χ3n) is 4.95. The van der Waals surface area contributed by atoms with Crippen molar-refractivity contribution in [1.29, 1.82) is 0 Å². The van der Waals surface area contributed by atoms with Crippen molar-refractivity contribution < 1.29 is 23.7 Å². The van der Waals surface area contributed by atoms with E-state index in [1.165, 1.54) is 14.2 Å². The largest absolute Gasteiger partial charge is 0.506 e. The van der Waals surface area contributed by atoms with Crippen molar-refractivity contribution in [1.82, 2.24) is 24.7 Å². The Bertz CT molecular complexity index is 1270. The van der Waals surface area contributed by atoms with E-state index in [9.17, 15) is 9.90 Å². The minimum Gasteiger partial charge on any atom is -0.506 e. The van der Waals surface area contributed by atoms with Gasteiger partial charge in [0.2, 0.25) is 5.89 Å². The molecule has 0 aliphatic heterocycles. The summed E-state index contributed by atoms with van der Waals surface area (Å²) in [6.45, 7) is 2.55. The first-order valence-corrected chi connectivity index (χ1v) is 10.1. The number of aromatic amines is 1. The van der Waals surface area contributed by atoms with Crippen LogP contribution in [0.5, 0.6) is 17.2 Å². The summed E-state index contributed by atoms with van der Waals surface area (Å²) in [5.41, 5.74) is 0.316. The zero-order valence-corrected chi connectivity index (χ0v) is 18.4. The Balaban J connectivity index is 1.90. The van der Waals surface area contributed by atoms with Crippen LogP contribution in [0.25, 0.3) is 22.6 Å². The highest BCUT2D eigenvalue weighted by molar-refractivity contribution is 5.86. The number of aromatic hydroxyl groups is 1. The zero-order chi connectivity index (χ0) is 23.4. The van der Waals surface area contributed by atoms with Gasteiger partial charge in [0.05, 0.1) is 44.0 Å². The normalized spacial score (nSPS) is 11.0. The lowest BCUT2D eigenvalue weighted by atomic mass is 9.98. The molecule has 0 spiro atoms. The van der Waals surface area contributed by atoms with Crippen molar-refractivity contribution in [2.24, 2.45) is 0 Å². The number of rotatable bonds is 9. The number of hydrogen-bond donors (Lipinski definition) is 2. The summed E-state index contributed by atoms with van der Waals surface area (Å²) in [6.07, 6.45) is 4.96. The number of aromatic nitrogens is 5. The fraction of sp³-hybridized carbons (Fsp3) is 0.273. The average Bonchev–Trinajstić information content (AvgIpc) is 3.50. The van der Waals surface area contributed by atoms with Crippen LogP contribution >= 0.6 is 0 Å². The number of H-pyrrole nitrogens is 1. The van der Waals surface area contributed by atoms with E-state index < -0.39 is 5.56 Å². The number of benzene rings is 1. The number of pyridine rings is 1. The third-order valence-corrected chi connectivity index (χ3v) is 4.95. The molecule has 11 nitrogen and oxygen atoms in total. The maximum absolute atomic E-state index is 13.0. The number of ether oxygens (including phenoxy) is 3. The number of methoxy groups -OCH3 is 2. The quantitative estimate of drug-likeness (QED) is 0.392. The molecule has 3 heterocycles. The molecule has 172 valence electrons. The molecule has 1 aromatic carbocycles. The van der Waals surface area contributed by atoms with Crippen LogP contribution in [0.1, 0.15) is 18.5 Å². The van der Waals surface area contributed by atoms with Crippen LogP contribution < -0.4 is 15.0 Å². The smallest absolute Gasteiger partial charge is 0.264 e. The fourth-order valence-electron chi connectivity index (χ4n) is 3.47. The maximum atomic E-state index is 13.0. The van der Waals surface area contributed by atoms with Gasteiger partial charge in [0, 0.05) is 19.0 Å². The van der Waals surface area contributed by atoms with Gasteiger partial charge in [-0.05, 0) is 19.1 Å². The van der Waals surface area contributed by atoms with Crippen LogP contribution in [-0.2, 0) is 17.9 Å². The summed E-state index contributed by atoms with van der Waals surface area (Å²) in [6, 6.07) is 5.21. The molecule has 0 aliphatic rings. The maximum Gasteiger partial charge on any atom is 0.264 e. The summed E-state index contributed by atoms with van der Waals surface area (Å²) in [7, 11) is 3.01. The predicted octanol–water partition coefficient (Wildman–Crippen LogP) is 2.60. The molecule has 0 bridgehead atoms. The highest BCUT2D eigenvalue weighted by atomic mass is 16.5. The second kappa shape index (κ2) is 9.57. The van der Waals surface area contributed by atoms with Gasteiger partial charge in [-0.1, -0.05) is 6.07 Å². The number of nitrogens with one attached hydrogen (secondary N) is 1. The first-order chi connectivity index (χ1) is 16.1. The topological polar surface area (TPSA) is 138 Å². The van der Waals surface area contributed by atoms with Gasteiger partial charge in [-0.15, -0.1) is 10.2 Å². The lowest BCUT2D eigenvalue weighted by molar-refractivity contribution is 0.131. The molecule has 2 N–H and O–H groups in total. The lowest BCUT2D eigenvalue weighted by Gasteiger charge is -2.18. The first-order valence-electron chi connectivity index (χ1n) is 10.1. The van der Waals surface area contributed by atoms with Gasteiger partial charge in [0.25, 0.3) is 11.4 Å². The molecule has 0 radical (unpaired) electrons. The second-order valence-corrected chi connectivity index (χ2v) is 6.94. The van der Waals surface area contributed by atoms with Crippen molar-refractivity contribution in [2.45, 2.75) is 20.1 Å². The molecule has 0 saturated heterocycles. The molecule has 0 aliphatic carbocycles. The summed E-state index contributed by atoms with van der Waals surface area (Å²) in [5, 5.41) is 19.3. The highest BCUT2D eigenvalue weighted by Crippen LogP contribution is 2.46. The molecule has 3 aromatic heterocycles. The number of imidazole rings is 1. The van der Waals surface area contributed by atoms with Crippen molar-refractivity contribution in [3.63, 3.8) is 0 Å². The standard InChI is InChI=1S/C22H23N5O6/c1-4-32-11-13-17(18-14(30-2)6-5-7-15(18)31-3)20(28)19(21(29)24-13)22-26-25-16(33-22)10-27-9-8-23-12-27/h5-9,12H,4,10-11H2,1-3H3,(H2,24,28,29). The Morgan fingerprint density at radius 2 is 1.88 bits per heavy atom. The first kappa shape index (κ1) is 22.1. The van der Waals surface area contributed by atoms with Crippen molar-refractivity contribution in [3.05, 3.63) is 58.9 Å². The molecule has 0 unspecified atom stereocenters. The van der Waals surface area contributed by atoms with Gasteiger partial charge >= 0.3 is 0 Å². The summed E-state index contributed by atoms with van der Waals surface area (Å²) in [4.78, 5) is 19.7. The van der Waals surface area contributed by atoms with Crippen LogP contribution in [-0.4, -0.2) is 50.7 Å². The van der Waals surface area contributed by atoms with Crippen LogP contribution in [0, 0.1) is 0 Å². The van der Waals surface area contributed by atoms with E-state index in [1.807, 2.05) is 6.92 Å². The van der Waals surface area contributed by atoms with Gasteiger partial charge in [0.15, 0.2) is 0 Å². The van der Waals surface area contributed by atoms with E-state index in [-0.39, 0.29) is 41.8 Å². The fourth-order valence-corrected chi connectivity index (χ4v) is 3.47. The van der Waals surface area contributed by atoms with E-state index in [4.69, 9.17) is 18.6 Å². The van der Waals surface area contributed by atoms with E-state index in [1.54, 1.807) is 41.5 Å². The van der Waals surface area contributed by atoms with Crippen LogP contribution in [0.15, 0.2) is 46.1 Å². The van der Waals surface area contributed by atoms with Crippen molar-refractivity contribution >= 4 is 0 Å². The van der Waals surface area contributed by atoms with Gasteiger partial charge in [0.1, 0.15) is 29.4 Å². The molecule has 0 saturated carbocycles.